The van der Waals surface area contributed by atoms with Gasteiger partial charge in [-0.05, 0) is 18.8 Å². The number of carbonyl (C=O) groups is 1. The highest BCUT2D eigenvalue weighted by molar-refractivity contribution is 5.84. The number of nitrogens with one attached hydrogen (secondary N) is 1. The summed E-state index contributed by atoms with van der Waals surface area (Å²) in [5.41, 5.74) is 0.00344. The van der Waals surface area contributed by atoms with E-state index in [1.54, 1.807) is 4.68 Å². The number of carboxylic acid groups (broad SMARTS) is 1. The van der Waals surface area contributed by atoms with Crippen molar-refractivity contribution >= 4 is 5.97 Å². The predicted molar refractivity (Wildman–Crippen MR) is 71.0 cm³/mol. The molecule has 0 radical (unpaired) electrons. The third-order valence-electron chi connectivity index (χ3n) is 3.89. The highest BCUT2D eigenvalue weighted by atomic mass is 16.4. The lowest BCUT2D eigenvalue weighted by Gasteiger charge is -2.29. The monoisotopic (exact) mass is 266 g/mol. The molecule has 2 atom stereocenters. The fraction of sp³-hybridized carbons (Fsp3) is 0.769. The Morgan fingerprint density at radius 3 is 3.11 bits per heavy atom. The van der Waals surface area contributed by atoms with E-state index in [-0.39, 0.29) is 5.69 Å². The minimum Gasteiger partial charge on any atom is -0.476 e. The van der Waals surface area contributed by atoms with Gasteiger partial charge in [-0.1, -0.05) is 31.4 Å². The minimum atomic E-state index is -1.03. The molecular formula is C13H22N4O2. The molecule has 0 spiro atoms. The summed E-state index contributed by atoms with van der Waals surface area (Å²) in [6.07, 6.45) is 7.91. The third-order valence-corrected chi connectivity index (χ3v) is 3.89. The summed E-state index contributed by atoms with van der Waals surface area (Å²) in [4.78, 5) is 10.7. The van der Waals surface area contributed by atoms with Gasteiger partial charge >= 0.3 is 5.97 Å². The molecule has 6 nitrogen and oxygen atoms in total. The molecule has 0 aromatic carbocycles. The zero-order valence-corrected chi connectivity index (χ0v) is 11.4. The zero-order valence-electron chi connectivity index (χ0n) is 11.4. The second-order valence-electron chi connectivity index (χ2n) is 5.26. The van der Waals surface area contributed by atoms with Gasteiger partial charge in [0.05, 0.1) is 12.7 Å². The van der Waals surface area contributed by atoms with Crippen molar-refractivity contribution < 1.29 is 9.90 Å². The lowest BCUT2D eigenvalue weighted by molar-refractivity contribution is 0.0690. The molecule has 1 aromatic heterocycles. The molecule has 0 bridgehead atoms. The van der Waals surface area contributed by atoms with Crippen LogP contribution in [0.15, 0.2) is 6.20 Å². The molecule has 2 rings (SSSR count). The molecule has 1 saturated carbocycles. The van der Waals surface area contributed by atoms with Gasteiger partial charge in [0.2, 0.25) is 0 Å². The van der Waals surface area contributed by atoms with Gasteiger partial charge in [0, 0.05) is 12.6 Å². The largest absolute Gasteiger partial charge is 0.476 e. The maximum absolute atomic E-state index is 10.7. The van der Waals surface area contributed by atoms with E-state index in [9.17, 15) is 4.79 Å². The lowest BCUT2D eigenvalue weighted by atomic mass is 9.84. The normalized spacial score (nSPS) is 23.4. The van der Waals surface area contributed by atoms with E-state index < -0.39 is 5.97 Å². The molecule has 0 aliphatic heterocycles. The van der Waals surface area contributed by atoms with Crippen LogP contribution in [0.4, 0.5) is 0 Å². The van der Waals surface area contributed by atoms with E-state index >= 15 is 0 Å². The van der Waals surface area contributed by atoms with Gasteiger partial charge in [-0.2, -0.15) is 0 Å². The van der Waals surface area contributed by atoms with Crippen LogP contribution in [0.5, 0.6) is 0 Å². The highest BCUT2D eigenvalue weighted by Gasteiger charge is 2.19. The molecule has 1 heterocycles. The van der Waals surface area contributed by atoms with E-state index in [2.05, 4.69) is 22.6 Å². The number of rotatable bonds is 6. The Kier molecular flexibility index (Phi) is 4.90. The van der Waals surface area contributed by atoms with Crippen LogP contribution in [0.1, 0.15) is 49.5 Å². The minimum absolute atomic E-state index is 0.00344. The topological polar surface area (TPSA) is 80.0 Å². The molecule has 1 aliphatic carbocycles. The van der Waals surface area contributed by atoms with Crippen molar-refractivity contribution in [3.8, 4) is 0 Å². The Bertz CT molecular complexity index is 419. The summed E-state index contributed by atoms with van der Waals surface area (Å²) in [7, 11) is 0. The van der Waals surface area contributed by atoms with E-state index in [1.165, 1.54) is 38.3 Å². The van der Waals surface area contributed by atoms with Crippen LogP contribution >= 0.6 is 0 Å². The maximum Gasteiger partial charge on any atom is 0.358 e. The zero-order chi connectivity index (χ0) is 13.7. The van der Waals surface area contributed by atoms with Crippen LogP contribution in [0.3, 0.4) is 0 Å². The summed E-state index contributed by atoms with van der Waals surface area (Å²) in [6.45, 7) is 3.73. The van der Waals surface area contributed by atoms with E-state index in [0.717, 1.165) is 12.5 Å². The molecule has 0 saturated heterocycles. The van der Waals surface area contributed by atoms with Crippen molar-refractivity contribution in [3.05, 3.63) is 11.9 Å². The predicted octanol–water partition coefficient (Wildman–Crippen LogP) is 1.53. The first-order valence-electron chi connectivity index (χ1n) is 7.06. The van der Waals surface area contributed by atoms with Crippen LogP contribution in [0.2, 0.25) is 0 Å². The van der Waals surface area contributed by atoms with Crippen LogP contribution in [0, 0.1) is 5.92 Å². The van der Waals surface area contributed by atoms with Gasteiger partial charge in [0.1, 0.15) is 0 Å². The highest BCUT2D eigenvalue weighted by Crippen LogP contribution is 2.26. The quantitative estimate of drug-likeness (QED) is 0.816. The van der Waals surface area contributed by atoms with E-state index in [4.69, 9.17) is 5.11 Å². The first-order valence-corrected chi connectivity index (χ1v) is 7.06. The number of nitrogens with zero attached hydrogens (tertiary/aromatic N) is 3. The Balaban J connectivity index is 1.72. The fourth-order valence-corrected chi connectivity index (χ4v) is 2.74. The van der Waals surface area contributed by atoms with Gasteiger partial charge in [-0.15, -0.1) is 5.10 Å². The van der Waals surface area contributed by atoms with Crippen LogP contribution in [0.25, 0.3) is 0 Å². The standard InChI is InChI=1S/C13H22N4O2/c1-2-10-4-3-5-11(8-10)14-6-7-17-9-12(13(18)19)15-16-17/h9-11,14H,2-8H2,1H3,(H,18,19). The third kappa shape index (κ3) is 4.02. The molecule has 6 heteroatoms. The van der Waals surface area contributed by atoms with Crippen LogP contribution < -0.4 is 5.32 Å². The smallest absolute Gasteiger partial charge is 0.358 e. The Morgan fingerprint density at radius 2 is 2.42 bits per heavy atom. The Labute approximate surface area is 113 Å². The summed E-state index contributed by atoms with van der Waals surface area (Å²) >= 11 is 0. The van der Waals surface area contributed by atoms with Crippen molar-refractivity contribution in [2.45, 2.75) is 51.6 Å². The lowest BCUT2D eigenvalue weighted by Crippen LogP contribution is -2.36. The van der Waals surface area contributed by atoms with Gasteiger partial charge in [-0.25, -0.2) is 4.79 Å². The van der Waals surface area contributed by atoms with Crippen molar-refractivity contribution in [1.82, 2.24) is 20.3 Å². The number of carboxylic acids is 1. The summed E-state index contributed by atoms with van der Waals surface area (Å²) in [6, 6.07) is 0.598. The molecule has 2 N–H and O–H groups in total. The molecule has 1 fully saturated rings. The van der Waals surface area contributed by atoms with Crippen molar-refractivity contribution in [2.75, 3.05) is 6.54 Å². The molecule has 106 valence electrons. The molecule has 1 aromatic rings. The number of hydrogen-bond acceptors (Lipinski definition) is 4. The maximum atomic E-state index is 10.7. The average molecular weight is 266 g/mol. The number of aromatic nitrogens is 3. The average Bonchev–Trinajstić information content (AvgIpc) is 2.88. The van der Waals surface area contributed by atoms with E-state index in [1.807, 2.05) is 0 Å². The molecule has 0 amide bonds. The van der Waals surface area contributed by atoms with Crippen LogP contribution in [-0.2, 0) is 6.54 Å². The first kappa shape index (κ1) is 14.0. The van der Waals surface area contributed by atoms with Gasteiger partial charge in [0.15, 0.2) is 5.69 Å². The summed E-state index contributed by atoms with van der Waals surface area (Å²) in [5, 5.41) is 19.7. The first-order chi connectivity index (χ1) is 9.19. The Hall–Kier alpha value is -1.43. The Morgan fingerprint density at radius 1 is 1.58 bits per heavy atom. The van der Waals surface area contributed by atoms with Crippen molar-refractivity contribution in [2.24, 2.45) is 5.92 Å². The summed E-state index contributed by atoms with van der Waals surface area (Å²) < 4.78 is 1.58. The van der Waals surface area contributed by atoms with Gasteiger partial charge in [0.25, 0.3) is 0 Å². The number of hydrogen-bond donors (Lipinski definition) is 2. The van der Waals surface area contributed by atoms with E-state index in [0.29, 0.717) is 12.6 Å². The van der Waals surface area contributed by atoms with Crippen molar-refractivity contribution in [3.63, 3.8) is 0 Å². The molecule has 1 aliphatic rings. The van der Waals surface area contributed by atoms with Crippen LogP contribution in [-0.4, -0.2) is 38.7 Å². The number of aromatic carboxylic acids is 1. The van der Waals surface area contributed by atoms with Gasteiger partial charge < -0.3 is 10.4 Å². The second-order valence-corrected chi connectivity index (χ2v) is 5.26. The molecular weight excluding hydrogens is 244 g/mol. The molecule has 19 heavy (non-hydrogen) atoms. The summed E-state index contributed by atoms with van der Waals surface area (Å²) in [5.74, 6) is -0.173. The second kappa shape index (κ2) is 6.65. The van der Waals surface area contributed by atoms with Crippen molar-refractivity contribution in [1.29, 1.82) is 0 Å². The molecule has 2 unspecified atom stereocenters. The SMILES string of the molecule is CCC1CCCC(NCCn2cc(C(=O)O)nn2)C1. The fourth-order valence-electron chi connectivity index (χ4n) is 2.74. The van der Waals surface area contributed by atoms with Gasteiger partial charge in [-0.3, -0.25) is 4.68 Å².